The van der Waals surface area contributed by atoms with Crippen molar-refractivity contribution in [2.24, 2.45) is 0 Å². The molecule has 0 spiro atoms. The van der Waals surface area contributed by atoms with Crippen molar-refractivity contribution in [3.63, 3.8) is 0 Å². The van der Waals surface area contributed by atoms with Crippen LogP contribution in [0.1, 0.15) is 10.4 Å². The minimum atomic E-state index is -0.965. The molecule has 1 N–H and O–H groups in total. The van der Waals surface area contributed by atoms with Crippen LogP contribution >= 0.6 is 22.6 Å². The average molecular weight is 366 g/mol. The van der Waals surface area contributed by atoms with E-state index < -0.39 is 5.97 Å². The van der Waals surface area contributed by atoms with Crippen molar-refractivity contribution in [2.45, 2.75) is 0 Å². The lowest BCUT2D eigenvalue weighted by Crippen LogP contribution is -2.10. The van der Waals surface area contributed by atoms with Crippen LogP contribution in [0.15, 0.2) is 18.2 Å². The highest BCUT2D eigenvalue weighted by Crippen LogP contribution is 2.22. The zero-order valence-electron chi connectivity index (χ0n) is 10.0. The molecule has 5 nitrogen and oxygen atoms in total. The molecule has 100 valence electrons. The molecule has 18 heavy (non-hydrogen) atoms. The van der Waals surface area contributed by atoms with Crippen LogP contribution in [0.25, 0.3) is 0 Å². The second-order valence-electron chi connectivity index (χ2n) is 3.40. The quantitative estimate of drug-likeness (QED) is 0.564. The van der Waals surface area contributed by atoms with E-state index in [4.69, 9.17) is 19.3 Å². The van der Waals surface area contributed by atoms with Crippen LogP contribution in [0.2, 0.25) is 0 Å². The summed E-state index contributed by atoms with van der Waals surface area (Å²) in [4.78, 5) is 10.8. The first kappa shape index (κ1) is 15.2. The van der Waals surface area contributed by atoms with Crippen LogP contribution in [0.3, 0.4) is 0 Å². The summed E-state index contributed by atoms with van der Waals surface area (Å²) in [6, 6.07) is 4.77. The molecule has 0 aliphatic heterocycles. The topological polar surface area (TPSA) is 65.0 Å². The van der Waals surface area contributed by atoms with E-state index in [1.54, 1.807) is 19.2 Å². The van der Waals surface area contributed by atoms with Crippen molar-refractivity contribution in [3.05, 3.63) is 27.3 Å². The Morgan fingerprint density at radius 3 is 2.67 bits per heavy atom. The fourth-order valence-corrected chi connectivity index (χ4v) is 1.69. The van der Waals surface area contributed by atoms with E-state index in [1.165, 1.54) is 6.07 Å². The van der Waals surface area contributed by atoms with Crippen LogP contribution < -0.4 is 4.74 Å². The predicted molar refractivity (Wildman–Crippen MR) is 74.3 cm³/mol. The second-order valence-corrected chi connectivity index (χ2v) is 4.57. The maximum atomic E-state index is 10.8. The molecule has 1 aromatic carbocycles. The zero-order valence-corrected chi connectivity index (χ0v) is 12.2. The number of aromatic carboxylic acids is 1. The molecular weight excluding hydrogens is 351 g/mol. The van der Waals surface area contributed by atoms with Gasteiger partial charge >= 0.3 is 5.97 Å². The van der Waals surface area contributed by atoms with Crippen LogP contribution in [-0.4, -0.2) is 44.6 Å². The fraction of sp³-hybridized carbons (Fsp3) is 0.417. The summed E-state index contributed by atoms with van der Waals surface area (Å²) < 4.78 is 16.4. The second kappa shape index (κ2) is 8.28. The fourth-order valence-electron chi connectivity index (χ4n) is 1.20. The lowest BCUT2D eigenvalue weighted by Gasteiger charge is -2.09. The first-order chi connectivity index (χ1) is 8.65. The molecule has 0 fully saturated rings. The van der Waals surface area contributed by atoms with Gasteiger partial charge in [0.15, 0.2) is 0 Å². The first-order valence-electron chi connectivity index (χ1n) is 5.37. The van der Waals surface area contributed by atoms with Crippen molar-refractivity contribution in [2.75, 3.05) is 33.5 Å². The third-order valence-corrected chi connectivity index (χ3v) is 2.99. The van der Waals surface area contributed by atoms with Gasteiger partial charge in [0.1, 0.15) is 12.4 Å². The number of carboxylic acids is 1. The Morgan fingerprint density at radius 2 is 2.00 bits per heavy atom. The Balaban J connectivity index is 2.41. The minimum Gasteiger partial charge on any atom is -0.490 e. The molecule has 0 saturated carbocycles. The van der Waals surface area contributed by atoms with Gasteiger partial charge in [-0.1, -0.05) is 0 Å². The Morgan fingerprint density at radius 1 is 1.28 bits per heavy atom. The van der Waals surface area contributed by atoms with Crippen LogP contribution in [-0.2, 0) is 9.47 Å². The van der Waals surface area contributed by atoms with E-state index in [9.17, 15) is 4.79 Å². The highest BCUT2D eigenvalue weighted by Gasteiger charge is 2.07. The Labute approximate surface area is 119 Å². The highest BCUT2D eigenvalue weighted by molar-refractivity contribution is 14.1. The van der Waals surface area contributed by atoms with Gasteiger partial charge in [0, 0.05) is 7.11 Å². The zero-order chi connectivity index (χ0) is 13.4. The van der Waals surface area contributed by atoms with E-state index in [0.717, 1.165) is 3.57 Å². The van der Waals surface area contributed by atoms with Crippen molar-refractivity contribution >= 4 is 28.6 Å². The SMILES string of the molecule is COCCOCCOc1cc(C(=O)O)ccc1I. The molecular formula is C12H15IO5. The number of hydrogen-bond donors (Lipinski definition) is 1. The summed E-state index contributed by atoms with van der Waals surface area (Å²) in [6.07, 6.45) is 0. The van der Waals surface area contributed by atoms with Crippen LogP contribution in [0.5, 0.6) is 5.75 Å². The van der Waals surface area contributed by atoms with Crippen molar-refractivity contribution in [1.29, 1.82) is 0 Å². The van der Waals surface area contributed by atoms with E-state index in [1.807, 2.05) is 0 Å². The third-order valence-electron chi connectivity index (χ3n) is 2.10. The molecule has 0 aliphatic carbocycles. The standard InChI is InChI=1S/C12H15IO5/c1-16-4-5-17-6-7-18-11-8-9(12(14)15)2-3-10(11)13/h2-3,8H,4-7H2,1H3,(H,14,15). The van der Waals surface area contributed by atoms with Gasteiger partial charge in [-0.25, -0.2) is 4.79 Å². The number of methoxy groups -OCH3 is 1. The van der Waals surface area contributed by atoms with Gasteiger partial charge in [-0.15, -0.1) is 0 Å². The molecule has 1 rings (SSSR count). The molecule has 0 bridgehead atoms. The lowest BCUT2D eigenvalue weighted by atomic mass is 10.2. The van der Waals surface area contributed by atoms with Gasteiger partial charge in [0.05, 0.1) is 29.0 Å². The number of carboxylic acid groups (broad SMARTS) is 1. The van der Waals surface area contributed by atoms with Crippen molar-refractivity contribution < 1.29 is 24.1 Å². The molecule has 0 heterocycles. The molecule has 0 atom stereocenters. The Bertz CT molecular complexity index is 394. The van der Waals surface area contributed by atoms with Gasteiger partial charge in [-0.3, -0.25) is 0 Å². The van der Waals surface area contributed by atoms with Crippen molar-refractivity contribution in [3.8, 4) is 5.75 Å². The smallest absolute Gasteiger partial charge is 0.335 e. The van der Waals surface area contributed by atoms with Gasteiger partial charge in [-0.2, -0.15) is 0 Å². The molecule has 0 saturated heterocycles. The number of benzene rings is 1. The normalized spacial score (nSPS) is 10.3. The Hall–Kier alpha value is -0.860. The molecule has 0 unspecified atom stereocenters. The summed E-state index contributed by atoms with van der Waals surface area (Å²) in [7, 11) is 1.61. The third kappa shape index (κ3) is 5.19. The Kier molecular flexibility index (Phi) is 6.99. The largest absolute Gasteiger partial charge is 0.490 e. The van der Waals surface area contributed by atoms with Crippen molar-refractivity contribution in [1.82, 2.24) is 0 Å². The molecule has 0 radical (unpaired) electrons. The highest BCUT2D eigenvalue weighted by atomic mass is 127. The summed E-state index contributed by atoms with van der Waals surface area (Å²) in [5.41, 5.74) is 0.214. The van der Waals surface area contributed by atoms with E-state index in [0.29, 0.717) is 32.2 Å². The molecule has 6 heteroatoms. The molecule has 0 amide bonds. The number of ether oxygens (including phenoxy) is 3. The van der Waals surface area contributed by atoms with E-state index in [-0.39, 0.29) is 5.56 Å². The maximum absolute atomic E-state index is 10.8. The maximum Gasteiger partial charge on any atom is 0.335 e. The van der Waals surface area contributed by atoms with E-state index in [2.05, 4.69) is 22.6 Å². The number of carbonyl (C=O) groups is 1. The molecule has 0 aliphatic rings. The number of rotatable bonds is 8. The van der Waals surface area contributed by atoms with Gasteiger partial charge < -0.3 is 19.3 Å². The minimum absolute atomic E-state index is 0.214. The average Bonchev–Trinajstić information content (AvgIpc) is 2.35. The number of hydrogen-bond acceptors (Lipinski definition) is 4. The van der Waals surface area contributed by atoms with Gasteiger partial charge in [-0.05, 0) is 40.8 Å². The van der Waals surface area contributed by atoms with Gasteiger partial charge in [0.25, 0.3) is 0 Å². The monoisotopic (exact) mass is 366 g/mol. The molecule has 0 aromatic heterocycles. The van der Waals surface area contributed by atoms with E-state index >= 15 is 0 Å². The summed E-state index contributed by atoms with van der Waals surface area (Å²) in [6.45, 7) is 1.89. The van der Waals surface area contributed by atoms with Gasteiger partial charge in [0.2, 0.25) is 0 Å². The lowest BCUT2D eigenvalue weighted by molar-refractivity contribution is 0.0542. The first-order valence-corrected chi connectivity index (χ1v) is 6.45. The summed E-state index contributed by atoms with van der Waals surface area (Å²) in [5.74, 6) is -0.404. The summed E-state index contributed by atoms with van der Waals surface area (Å²) in [5, 5.41) is 8.87. The predicted octanol–water partition coefficient (Wildman–Crippen LogP) is 2.03. The summed E-state index contributed by atoms with van der Waals surface area (Å²) >= 11 is 2.10. The van der Waals surface area contributed by atoms with Crippen LogP contribution in [0, 0.1) is 3.57 Å². The number of halogens is 1. The van der Waals surface area contributed by atoms with Crippen LogP contribution in [0.4, 0.5) is 0 Å². The molecule has 1 aromatic rings.